The highest BCUT2D eigenvalue weighted by Crippen LogP contribution is 2.41. The second-order valence-electron chi connectivity index (χ2n) is 7.62. The molecule has 2 N–H and O–H groups in total. The number of carbonyl (C=O) groups excluding carboxylic acids is 1. The van der Waals surface area contributed by atoms with Crippen LogP contribution in [0.15, 0.2) is 30.3 Å². The second-order valence-corrected chi connectivity index (χ2v) is 7.62. The van der Waals surface area contributed by atoms with Crippen LogP contribution in [0.3, 0.4) is 0 Å². The number of carbonyl (C=O) groups is 1. The van der Waals surface area contributed by atoms with Crippen LogP contribution in [-0.4, -0.2) is 42.2 Å². The monoisotopic (exact) mass is 330 g/mol. The van der Waals surface area contributed by atoms with Crippen molar-refractivity contribution in [2.24, 2.45) is 5.92 Å². The highest BCUT2D eigenvalue weighted by atomic mass is 16.3. The van der Waals surface area contributed by atoms with Gasteiger partial charge in [-0.25, -0.2) is 0 Å². The molecule has 0 saturated heterocycles. The summed E-state index contributed by atoms with van der Waals surface area (Å²) in [5, 5.41) is 12.6. The Bertz CT molecular complexity index is 534. The van der Waals surface area contributed by atoms with E-state index in [1.807, 2.05) is 18.2 Å². The third kappa shape index (κ3) is 3.81. The van der Waals surface area contributed by atoms with Crippen molar-refractivity contribution in [3.05, 3.63) is 35.9 Å². The highest BCUT2D eigenvalue weighted by molar-refractivity contribution is 5.79. The SMILES string of the molecule is CN(CC(=O)NC1(c2ccccc2)CCC1)C1CCC(CO)CC1. The van der Waals surface area contributed by atoms with Crippen molar-refractivity contribution in [2.75, 3.05) is 20.2 Å². The normalized spacial score (nSPS) is 26.0. The third-order valence-corrected chi connectivity index (χ3v) is 6.00. The molecule has 24 heavy (non-hydrogen) atoms. The molecule has 0 heterocycles. The van der Waals surface area contributed by atoms with E-state index in [4.69, 9.17) is 0 Å². The van der Waals surface area contributed by atoms with E-state index in [0.717, 1.165) is 38.5 Å². The van der Waals surface area contributed by atoms with E-state index in [-0.39, 0.29) is 11.4 Å². The molecule has 4 heteroatoms. The molecule has 3 rings (SSSR count). The summed E-state index contributed by atoms with van der Waals surface area (Å²) in [4.78, 5) is 14.8. The van der Waals surface area contributed by atoms with Gasteiger partial charge in [-0.05, 0) is 63.5 Å². The minimum absolute atomic E-state index is 0.130. The molecule has 0 radical (unpaired) electrons. The molecule has 2 aliphatic rings. The van der Waals surface area contributed by atoms with Crippen LogP contribution in [0.25, 0.3) is 0 Å². The van der Waals surface area contributed by atoms with Crippen LogP contribution >= 0.6 is 0 Å². The molecule has 0 spiro atoms. The van der Waals surface area contributed by atoms with Crippen LogP contribution in [0.5, 0.6) is 0 Å². The van der Waals surface area contributed by atoms with Crippen molar-refractivity contribution in [3.8, 4) is 0 Å². The smallest absolute Gasteiger partial charge is 0.234 e. The molecular weight excluding hydrogens is 300 g/mol. The Morgan fingerprint density at radius 3 is 2.42 bits per heavy atom. The largest absolute Gasteiger partial charge is 0.396 e. The zero-order valence-corrected chi connectivity index (χ0v) is 14.7. The number of aliphatic hydroxyl groups excluding tert-OH is 1. The lowest BCUT2D eigenvalue weighted by Crippen LogP contribution is -2.53. The van der Waals surface area contributed by atoms with Crippen LogP contribution in [-0.2, 0) is 10.3 Å². The molecule has 0 aliphatic heterocycles. The van der Waals surface area contributed by atoms with Crippen molar-refractivity contribution >= 4 is 5.91 Å². The summed E-state index contributed by atoms with van der Waals surface area (Å²) >= 11 is 0. The fraction of sp³-hybridized carbons (Fsp3) is 0.650. The number of nitrogens with one attached hydrogen (secondary N) is 1. The predicted octanol–water partition coefficient (Wildman–Crippen LogP) is 2.66. The molecule has 0 unspecified atom stereocenters. The fourth-order valence-electron chi connectivity index (χ4n) is 4.20. The van der Waals surface area contributed by atoms with Crippen molar-refractivity contribution in [1.82, 2.24) is 10.2 Å². The molecule has 132 valence electrons. The maximum Gasteiger partial charge on any atom is 0.234 e. The summed E-state index contributed by atoms with van der Waals surface area (Å²) in [5.41, 5.74) is 1.09. The summed E-state index contributed by atoms with van der Waals surface area (Å²) in [6.07, 6.45) is 7.55. The minimum atomic E-state index is -0.145. The molecule has 1 aromatic carbocycles. The van der Waals surface area contributed by atoms with Gasteiger partial charge in [0, 0.05) is 12.6 Å². The van der Waals surface area contributed by atoms with Gasteiger partial charge in [0.1, 0.15) is 0 Å². The number of aliphatic hydroxyl groups is 1. The van der Waals surface area contributed by atoms with E-state index >= 15 is 0 Å². The maximum atomic E-state index is 12.6. The molecule has 0 bridgehead atoms. The Labute approximate surface area is 145 Å². The third-order valence-electron chi connectivity index (χ3n) is 6.00. The van der Waals surface area contributed by atoms with E-state index < -0.39 is 0 Å². The van der Waals surface area contributed by atoms with E-state index in [1.165, 1.54) is 12.0 Å². The van der Waals surface area contributed by atoms with Gasteiger partial charge in [-0.3, -0.25) is 9.69 Å². The molecule has 0 atom stereocenters. The first-order valence-electron chi connectivity index (χ1n) is 9.30. The number of nitrogens with zero attached hydrogens (tertiary/aromatic N) is 1. The topological polar surface area (TPSA) is 52.6 Å². The minimum Gasteiger partial charge on any atom is -0.396 e. The Kier molecular flexibility index (Phi) is 5.57. The number of rotatable bonds is 6. The van der Waals surface area contributed by atoms with Crippen molar-refractivity contribution in [3.63, 3.8) is 0 Å². The van der Waals surface area contributed by atoms with Gasteiger partial charge in [0.25, 0.3) is 0 Å². The first-order chi connectivity index (χ1) is 11.6. The van der Waals surface area contributed by atoms with Gasteiger partial charge in [0.15, 0.2) is 0 Å². The number of amides is 1. The average molecular weight is 330 g/mol. The first-order valence-corrected chi connectivity index (χ1v) is 9.30. The standard InChI is InChI=1S/C20H30N2O2/c1-22(18-10-8-16(15-23)9-11-18)14-19(24)21-20(12-5-13-20)17-6-3-2-4-7-17/h2-4,6-7,16,18,23H,5,8-15H2,1H3,(H,21,24). The van der Waals surface area contributed by atoms with Crippen molar-refractivity contribution < 1.29 is 9.90 Å². The first kappa shape index (κ1) is 17.4. The average Bonchev–Trinajstić information content (AvgIpc) is 2.59. The number of benzene rings is 1. The van der Waals surface area contributed by atoms with Gasteiger partial charge in [-0.2, -0.15) is 0 Å². The lowest BCUT2D eigenvalue weighted by Gasteiger charge is -2.43. The van der Waals surface area contributed by atoms with Crippen LogP contribution in [0.1, 0.15) is 50.5 Å². The lowest BCUT2D eigenvalue weighted by molar-refractivity contribution is -0.126. The van der Waals surface area contributed by atoms with Crippen LogP contribution < -0.4 is 5.32 Å². The van der Waals surface area contributed by atoms with E-state index in [9.17, 15) is 9.90 Å². The van der Waals surface area contributed by atoms with Crippen molar-refractivity contribution in [2.45, 2.75) is 56.5 Å². The van der Waals surface area contributed by atoms with Crippen LogP contribution in [0.2, 0.25) is 0 Å². The number of hydrogen-bond donors (Lipinski definition) is 2. The summed E-state index contributed by atoms with van der Waals surface area (Å²) in [7, 11) is 2.06. The van der Waals surface area contributed by atoms with Gasteiger partial charge in [-0.15, -0.1) is 0 Å². The van der Waals surface area contributed by atoms with Crippen LogP contribution in [0, 0.1) is 5.92 Å². The Balaban J connectivity index is 1.53. The summed E-state index contributed by atoms with van der Waals surface area (Å²) in [5.74, 6) is 0.588. The Hall–Kier alpha value is -1.39. The number of likely N-dealkylation sites (N-methyl/N-ethyl adjacent to an activating group) is 1. The molecule has 0 aromatic heterocycles. The second kappa shape index (κ2) is 7.66. The lowest BCUT2D eigenvalue weighted by atomic mass is 9.72. The fourth-order valence-corrected chi connectivity index (χ4v) is 4.20. The maximum absolute atomic E-state index is 12.6. The van der Waals surface area contributed by atoms with Gasteiger partial charge in [0.2, 0.25) is 5.91 Å². The zero-order valence-electron chi connectivity index (χ0n) is 14.7. The molecule has 2 saturated carbocycles. The molecule has 2 aliphatic carbocycles. The van der Waals surface area contributed by atoms with Crippen molar-refractivity contribution in [1.29, 1.82) is 0 Å². The van der Waals surface area contributed by atoms with Gasteiger partial charge in [0.05, 0.1) is 12.1 Å². The molecule has 1 aromatic rings. The quantitative estimate of drug-likeness (QED) is 0.843. The summed E-state index contributed by atoms with van der Waals surface area (Å²) in [6.45, 7) is 0.763. The molecule has 1 amide bonds. The number of hydrogen-bond acceptors (Lipinski definition) is 3. The van der Waals surface area contributed by atoms with Crippen LogP contribution in [0.4, 0.5) is 0 Å². The molecular formula is C20H30N2O2. The highest BCUT2D eigenvalue weighted by Gasteiger charge is 2.40. The van der Waals surface area contributed by atoms with E-state index in [1.54, 1.807) is 0 Å². The zero-order chi connectivity index (χ0) is 17.0. The van der Waals surface area contributed by atoms with Gasteiger partial charge < -0.3 is 10.4 Å². The predicted molar refractivity (Wildman–Crippen MR) is 95.6 cm³/mol. The van der Waals surface area contributed by atoms with Gasteiger partial charge >= 0.3 is 0 Å². The van der Waals surface area contributed by atoms with Gasteiger partial charge in [-0.1, -0.05) is 30.3 Å². The Morgan fingerprint density at radius 2 is 1.88 bits per heavy atom. The Morgan fingerprint density at radius 1 is 1.21 bits per heavy atom. The summed E-state index contributed by atoms with van der Waals surface area (Å²) in [6, 6.07) is 10.8. The molecule has 2 fully saturated rings. The van der Waals surface area contributed by atoms with E-state index in [2.05, 4.69) is 29.4 Å². The summed E-state index contributed by atoms with van der Waals surface area (Å²) < 4.78 is 0. The molecule has 4 nitrogen and oxygen atoms in total. The van der Waals surface area contributed by atoms with E-state index in [0.29, 0.717) is 25.1 Å².